The first kappa shape index (κ1) is 21.7. The molecule has 172 valence electrons. The third-order valence-corrected chi connectivity index (χ3v) is 6.95. The summed E-state index contributed by atoms with van der Waals surface area (Å²) < 4.78 is 50.0. The molecule has 0 unspecified atom stereocenters. The number of hydrogen-bond donors (Lipinski definition) is 2. The van der Waals surface area contributed by atoms with Gasteiger partial charge in [-0.05, 0) is 42.3 Å². The number of benzene rings is 2. The highest BCUT2D eigenvalue weighted by Crippen LogP contribution is 2.31. The van der Waals surface area contributed by atoms with Crippen LogP contribution < -0.4 is 10.0 Å². The van der Waals surface area contributed by atoms with Crippen LogP contribution in [0, 0.1) is 11.6 Å². The van der Waals surface area contributed by atoms with Gasteiger partial charge in [0.2, 0.25) is 10.0 Å². The van der Waals surface area contributed by atoms with E-state index in [1.54, 1.807) is 12.1 Å². The Balaban J connectivity index is 1.32. The maximum Gasteiger partial charge on any atom is 0.238 e. The van der Waals surface area contributed by atoms with Gasteiger partial charge in [0.1, 0.15) is 17.4 Å². The van der Waals surface area contributed by atoms with E-state index in [0.717, 1.165) is 61.2 Å². The Hall–Kier alpha value is -3.15. The predicted molar refractivity (Wildman–Crippen MR) is 121 cm³/mol. The third-order valence-electron chi connectivity index (χ3n) is 6.03. The Morgan fingerprint density at radius 2 is 1.79 bits per heavy atom. The van der Waals surface area contributed by atoms with Gasteiger partial charge in [0, 0.05) is 43.6 Å². The van der Waals surface area contributed by atoms with Crippen molar-refractivity contribution < 1.29 is 17.2 Å². The van der Waals surface area contributed by atoms with Crippen molar-refractivity contribution in [2.24, 2.45) is 5.14 Å². The number of H-pyrrole nitrogens is 1. The molecule has 3 N–H and O–H groups in total. The number of sulfonamides is 1. The Morgan fingerprint density at radius 3 is 2.52 bits per heavy atom. The van der Waals surface area contributed by atoms with Gasteiger partial charge in [-0.1, -0.05) is 6.07 Å². The fraction of sp³-hybridized carbons (Fsp3) is 0.273. The van der Waals surface area contributed by atoms with E-state index in [2.05, 4.69) is 24.8 Å². The number of fused-ring (bicyclic) bond motifs is 3. The zero-order valence-electron chi connectivity index (χ0n) is 17.6. The summed E-state index contributed by atoms with van der Waals surface area (Å²) in [5.74, 6) is -0.894. The van der Waals surface area contributed by atoms with Crippen molar-refractivity contribution in [3.05, 3.63) is 59.9 Å². The third kappa shape index (κ3) is 4.26. The molecule has 1 fully saturated rings. The van der Waals surface area contributed by atoms with Crippen LogP contribution in [0.15, 0.2) is 47.6 Å². The summed E-state index contributed by atoms with van der Waals surface area (Å²) in [7, 11) is -3.82. The minimum absolute atomic E-state index is 0.0331. The van der Waals surface area contributed by atoms with Gasteiger partial charge in [-0.2, -0.15) is 0 Å². The zero-order chi connectivity index (χ0) is 23.2. The molecule has 4 aromatic rings. The molecule has 0 amide bonds. The quantitative estimate of drug-likeness (QED) is 0.462. The number of nitrogens with zero attached hydrogens (tertiary/aromatic N) is 4. The summed E-state index contributed by atoms with van der Waals surface area (Å²) in [5, 5.41) is 5.95. The highest BCUT2D eigenvalue weighted by Gasteiger charge is 2.22. The summed E-state index contributed by atoms with van der Waals surface area (Å²) >= 11 is 0. The first-order chi connectivity index (χ1) is 15.8. The molecule has 33 heavy (non-hydrogen) atoms. The van der Waals surface area contributed by atoms with Crippen LogP contribution in [-0.2, 0) is 16.4 Å². The molecule has 1 aliphatic rings. The highest BCUT2D eigenvalue weighted by molar-refractivity contribution is 7.89. The van der Waals surface area contributed by atoms with E-state index >= 15 is 0 Å². The number of anilines is 1. The molecule has 2 aromatic heterocycles. The number of nitrogens with two attached hydrogens (primary N) is 1. The minimum atomic E-state index is -3.82. The minimum Gasteiger partial charge on any atom is -0.352 e. The van der Waals surface area contributed by atoms with E-state index in [0.29, 0.717) is 17.3 Å². The first-order valence-electron chi connectivity index (χ1n) is 10.5. The lowest BCUT2D eigenvalue weighted by Gasteiger charge is -2.35. The monoisotopic (exact) mass is 472 g/mol. The molecule has 0 aliphatic carbocycles. The average Bonchev–Trinajstić information content (AvgIpc) is 3.18. The number of halogens is 2. The van der Waals surface area contributed by atoms with E-state index < -0.39 is 21.7 Å². The van der Waals surface area contributed by atoms with Crippen molar-refractivity contribution in [1.82, 2.24) is 19.9 Å². The second-order valence-electron chi connectivity index (χ2n) is 8.13. The molecule has 0 bridgehead atoms. The van der Waals surface area contributed by atoms with Crippen LogP contribution in [0.5, 0.6) is 0 Å². The van der Waals surface area contributed by atoms with Crippen molar-refractivity contribution in [1.29, 1.82) is 0 Å². The lowest BCUT2D eigenvalue weighted by Crippen LogP contribution is -2.47. The van der Waals surface area contributed by atoms with Gasteiger partial charge in [0.25, 0.3) is 0 Å². The predicted octanol–water partition coefficient (Wildman–Crippen LogP) is 2.40. The van der Waals surface area contributed by atoms with Crippen LogP contribution in [0.4, 0.5) is 14.6 Å². The van der Waals surface area contributed by atoms with Crippen LogP contribution in [0.1, 0.15) is 5.56 Å². The van der Waals surface area contributed by atoms with Gasteiger partial charge < -0.3 is 9.88 Å². The average molecular weight is 473 g/mol. The summed E-state index contributed by atoms with van der Waals surface area (Å²) in [6.45, 7) is 3.82. The van der Waals surface area contributed by atoms with Crippen molar-refractivity contribution in [3.63, 3.8) is 0 Å². The first-order valence-corrected chi connectivity index (χ1v) is 12.0. The second-order valence-corrected chi connectivity index (χ2v) is 9.69. The van der Waals surface area contributed by atoms with Crippen molar-refractivity contribution in [3.8, 4) is 0 Å². The number of aromatic amines is 1. The molecule has 0 atom stereocenters. The second kappa shape index (κ2) is 8.32. The summed E-state index contributed by atoms with van der Waals surface area (Å²) in [4.78, 5) is 16.6. The molecule has 2 aromatic carbocycles. The number of hydrogen-bond acceptors (Lipinski definition) is 6. The van der Waals surface area contributed by atoms with Crippen LogP contribution in [0.3, 0.4) is 0 Å². The van der Waals surface area contributed by atoms with Crippen molar-refractivity contribution in [2.75, 3.05) is 37.6 Å². The maximum atomic E-state index is 13.4. The lowest BCUT2D eigenvalue weighted by molar-refractivity contribution is 0.260. The van der Waals surface area contributed by atoms with Gasteiger partial charge in [0.05, 0.1) is 4.90 Å². The van der Waals surface area contributed by atoms with Gasteiger partial charge >= 0.3 is 0 Å². The molecule has 11 heteroatoms. The molecule has 0 saturated carbocycles. The fourth-order valence-corrected chi connectivity index (χ4v) is 4.78. The Kier molecular flexibility index (Phi) is 5.47. The van der Waals surface area contributed by atoms with E-state index in [4.69, 9.17) is 5.14 Å². The molecular weight excluding hydrogens is 450 g/mol. The largest absolute Gasteiger partial charge is 0.352 e. The molecule has 0 radical (unpaired) electrons. The summed E-state index contributed by atoms with van der Waals surface area (Å²) in [5.41, 5.74) is 2.91. The zero-order valence-corrected chi connectivity index (χ0v) is 18.4. The molecule has 1 saturated heterocycles. The SMILES string of the molecule is NS(=O)(=O)c1ccc2[nH]c3c(N4CCN(CCc5ccc(F)c(F)c5)CC4)ncnc3c2c1. The Labute approximate surface area is 189 Å². The van der Waals surface area contributed by atoms with Crippen LogP contribution in [-0.4, -0.2) is 61.0 Å². The Bertz CT molecular complexity index is 1450. The van der Waals surface area contributed by atoms with Gasteiger partial charge in [-0.15, -0.1) is 0 Å². The normalized spacial score (nSPS) is 15.5. The van der Waals surface area contributed by atoms with Crippen LogP contribution >= 0.6 is 0 Å². The Morgan fingerprint density at radius 1 is 1.00 bits per heavy atom. The van der Waals surface area contributed by atoms with Gasteiger partial charge in [-0.3, -0.25) is 4.90 Å². The molecule has 3 heterocycles. The van der Waals surface area contributed by atoms with Gasteiger partial charge in [0.15, 0.2) is 17.5 Å². The lowest BCUT2D eigenvalue weighted by atomic mass is 10.1. The van der Waals surface area contributed by atoms with E-state index in [-0.39, 0.29) is 4.90 Å². The van der Waals surface area contributed by atoms with E-state index in [1.807, 2.05) is 0 Å². The van der Waals surface area contributed by atoms with Crippen LogP contribution in [0.25, 0.3) is 21.9 Å². The summed E-state index contributed by atoms with van der Waals surface area (Å²) in [6.07, 6.45) is 2.12. The number of rotatable bonds is 5. The highest BCUT2D eigenvalue weighted by atomic mass is 32.2. The molecular formula is C22H22F2N6O2S. The number of piperazine rings is 1. The standard InChI is InChI=1S/C22H22F2N6O2S/c23-17-3-1-14(11-18(17)24)5-6-29-7-9-30(10-8-29)22-21-20(26-13-27-22)16-12-15(33(25,31)32)2-4-19(16)28-21/h1-4,11-13,28H,5-10H2,(H2,25,31,32). The van der Waals surface area contributed by atoms with Crippen LogP contribution in [0.2, 0.25) is 0 Å². The fourth-order valence-electron chi connectivity index (χ4n) is 4.24. The topological polar surface area (TPSA) is 108 Å². The molecule has 8 nitrogen and oxygen atoms in total. The van der Waals surface area contributed by atoms with E-state index in [9.17, 15) is 17.2 Å². The van der Waals surface area contributed by atoms with Crippen molar-refractivity contribution >= 4 is 37.8 Å². The molecule has 5 rings (SSSR count). The maximum absolute atomic E-state index is 13.4. The summed E-state index contributed by atoms with van der Waals surface area (Å²) in [6, 6.07) is 8.69. The number of nitrogens with one attached hydrogen (secondary N) is 1. The van der Waals surface area contributed by atoms with Gasteiger partial charge in [-0.25, -0.2) is 32.3 Å². The smallest absolute Gasteiger partial charge is 0.238 e. The number of aromatic nitrogens is 3. The van der Waals surface area contributed by atoms with E-state index in [1.165, 1.54) is 24.5 Å². The van der Waals surface area contributed by atoms with Crippen molar-refractivity contribution in [2.45, 2.75) is 11.3 Å². The molecule has 1 aliphatic heterocycles. The molecule has 0 spiro atoms. The number of primary sulfonamides is 1.